The van der Waals surface area contributed by atoms with Crippen molar-refractivity contribution in [2.24, 2.45) is 0 Å². The average Bonchev–Trinajstić information content (AvgIpc) is 1.85. The van der Waals surface area contributed by atoms with Crippen molar-refractivity contribution in [2.75, 3.05) is 0 Å². The molecule has 0 aliphatic heterocycles. The van der Waals surface area contributed by atoms with Crippen LogP contribution in [0.5, 0.6) is 5.75 Å². The zero-order valence-electron chi connectivity index (χ0n) is 5.38. The number of halogens is 2. The first-order valence-corrected chi connectivity index (χ1v) is 3.19. The van der Waals surface area contributed by atoms with Crippen molar-refractivity contribution >= 4 is 17.8 Å². The molecule has 0 bridgehead atoms. The fraction of sp³-hybridized carbons (Fsp3) is 0. The Morgan fingerprint density at radius 2 is 2.27 bits per heavy atom. The summed E-state index contributed by atoms with van der Waals surface area (Å²) < 4.78 is 15.7. The summed E-state index contributed by atoms with van der Waals surface area (Å²) in [6.45, 7) is 0. The third kappa shape index (κ3) is 2.55. The summed E-state index contributed by atoms with van der Waals surface area (Å²) in [5, 5.41) is 0.392. The highest BCUT2D eigenvalue weighted by Gasteiger charge is 2.00. The molecule has 0 saturated heterocycles. The summed E-state index contributed by atoms with van der Waals surface area (Å²) in [4.78, 5) is 9.79. The lowest BCUT2D eigenvalue weighted by Crippen LogP contribution is -1.96. The largest absolute Gasteiger partial charge is 0.500 e. The first kappa shape index (κ1) is 8.01. The number of ether oxygens (including phenoxy) is 1. The molecular weight excluding hydrogens is 171 g/mol. The highest BCUT2D eigenvalue weighted by atomic mass is 35.5. The first-order valence-electron chi connectivity index (χ1n) is 2.81. The van der Waals surface area contributed by atoms with E-state index in [0.29, 0.717) is 5.02 Å². The Kier molecular flexibility index (Phi) is 2.44. The van der Waals surface area contributed by atoms with Crippen LogP contribution in [0, 0.1) is 0 Å². The topological polar surface area (TPSA) is 26.3 Å². The first-order chi connectivity index (χ1) is 5.18. The van der Waals surface area contributed by atoms with Gasteiger partial charge in [-0.3, -0.25) is 0 Å². The molecule has 2 nitrogen and oxygen atoms in total. The Balaban J connectivity index is 2.79. The van der Waals surface area contributed by atoms with E-state index in [9.17, 15) is 9.18 Å². The second kappa shape index (κ2) is 3.34. The molecule has 1 aromatic carbocycles. The van der Waals surface area contributed by atoms with Crippen molar-refractivity contribution in [1.29, 1.82) is 0 Å². The van der Waals surface area contributed by atoms with Crippen LogP contribution in [0.1, 0.15) is 0 Å². The second-order valence-corrected chi connectivity index (χ2v) is 2.23. The summed E-state index contributed by atoms with van der Waals surface area (Å²) >= 11 is 5.51. The van der Waals surface area contributed by atoms with E-state index in [1.54, 1.807) is 12.1 Å². The van der Waals surface area contributed by atoms with Crippen LogP contribution >= 0.6 is 11.6 Å². The Morgan fingerprint density at radius 1 is 1.55 bits per heavy atom. The van der Waals surface area contributed by atoms with E-state index in [1.165, 1.54) is 12.1 Å². The second-order valence-electron chi connectivity index (χ2n) is 1.80. The zero-order chi connectivity index (χ0) is 8.27. The van der Waals surface area contributed by atoms with Crippen molar-refractivity contribution in [3.05, 3.63) is 29.3 Å². The van der Waals surface area contributed by atoms with E-state index >= 15 is 0 Å². The zero-order valence-corrected chi connectivity index (χ0v) is 6.14. The van der Waals surface area contributed by atoms with E-state index in [-0.39, 0.29) is 5.75 Å². The van der Waals surface area contributed by atoms with E-state index in [4.69, 9.17) is 11.6 Å². The van der Waals surface area contributed by atoms with Gasteiger partial charge in [-0.05, 0) is 18.2 Å². The van der Waals surface area contributed by atoms with Crippen LogP contribution in [0.3, 0.4) is 0 Å². The molecule has 0 aliphatic rings. The van der Waals surface area contributed by atoms with Gasteiger partial charge >= 0.3 is 6.22 Å². The summed E-state index contributed by atoms with van der Waals surface area (Å²) in [7, 11) is 0. The predicted molar refractivity (Wildman–Crippen MR) is 38.6 cm³/mol. The number of hydrogen-bond acceptors (Lipinski definition) is 2. The van der Waals surface area contributed by atoms with Gasteiger partial charge in [0.15, 0.2) is 0 Å². The number of rotatable bonds is 1. The van der Waals surface area contributed by atoms with Crippen molar-refractivity contribution in [1.82, 2.24) is 0 Å². The minimum atomic E-state index is -1.84. The van der Waals surface area contributed by atoms with Crippen LogP contribution in [-0.4, -0.2) is 6.22 Å². The third-order valence-electron chi connectivity index (χ3n) is 0.994. The molecule has 0 aromatic heterocycles. The molecule has 1 aromatic rings. The minimum absolute atomic E-state index is 0.102. The van der Waals surface area contributed by atoms with Crippen molar-refractivity contribution in [3.63, 3.8) is 0 Å². The van der Waals surface area contributed by atoms with Crippen molar-refractivity contribution in [3.8, 4) is 5.75 Å². The molecule has 1 rings (SSSR count). The maximum Gasteiger partial charge on any atom is 0.500 e. The number of benzene rings is 1. The lowest BCUT2D eigenvalue weighted by Gasteiger charge is -1.96. The summed E-state index contributed by atoms with van der Waals surface area (Å²) in [6.07, 6.45) is -1.84. The van der Waals surface area contributed by atoms with Gasteiger partial charge in [0, 0.05) is 5.02 Å². The van der Waals surface area contributed by atoms with Gasteiger partial charge in [-0.15, -0.1) is 4.39 Å². The van der Waals surface area contributed by atoms with Crippen LogP contribution in [0.15, 0.2) is 24.3 Å². The maximum atomic E-state index is 11.6. The summed E-state index contributed by atoms with van der Waals surface area (Å²) in [5.41, 5.74) is 0. The van der Waals surface area contributed by atoms with E-state index < -0.39 is 6.22 Å². The normalized spacial score (nSPS) is 9.27. The smallest absolute Gasteiger partial charge is 0.401 e. The van der Waals surface area contributed by atoms with Gasteiger partial charge in [-0.2, -0.15) is 0 Å². The van der Waals surface area contributed by atoms with Crippen LogP contribution in [0.4, 0.5) is 9.18 Å². The molecule has 0 fully saturated rings. The maximum absolute atomic E-state index is 11.6. The van der Waals surface area contributed by atoms with Gasteiger partial charge in [0.1, 0.15) is 5.75 Å². The van der Waals surface area contributed by atoms with E-state index in [1.807, 2.05) is 0 Å². The molecule has 0 aliphatic carbocycles. The fourth-order valence-electron chi connectivity index (χ4n) is 0.623. The van der Waals surface area contributed by atoms with Crippen molar-refractivity contribution < 1.29 is 13.9 Å². The molecule has 11 heavy (non-hydrogen) atoms. The lowest BCUT2D eigenvalue weighted by atomic mass is 10.3. The van der Waals surface area contributed by atoms with E-state index in [0.717, 1.165) is 0 Å². The molecule has 0 heterocycles. The molecule has 0 amide bonds. The Morgan fingerprint density at radius 3 is 2.82 bits per heavy atom. The number of carbonyl (C=O) groups excluding carboxylic acids is 1. The highest BCUT2D eigenvalue weighted by molar-refractivity contribution is 6.30. The molecule has 4 heteroatoms. The van der Waals surface area contributed by atoms with Gasteiger partial charge in [-0.1, -0.05) is 17.7 Å². The van der Waals surface area contributed by atoms with Crippen LogP contribution in [0.25, 0.3) is 0 Å². The fourth-order valence-corrected chi connectivity index (χ4v) is 0.803. The van der Waals surface area contributed by atoms with Crippen LogP contribution in [-0.2, 0) is 0 Å². The number of hydrogen-bond donors (Lipinski definition) is 0. The quantitative estimate of drug-likeness (QED) is 0.612. The average molecular weight is 175 g/mol. The molecule has 58 valence electrons. The minimum Gasteiger partial charge on any atom is -0.401 e. The van der Waals surface area contributed by atoms with E-state index in [2.05, 4.69) is 4.74 Å². The lowest BCUT2D eigenvalue weighted by molar-refractivity contribution is 0.175. The summed E-state index contributed by atoms with van der Waals surface area (Å²) in [5.74, 6) is 0.102. The van der Waals surface area contributed by atoms with Gasteiger partial charge in [0.25, 0.3) is 0 Å². The standard InChI is InChI=1S/C7H4ClFO2/c8-5-2-1-3-6(4-5)11-7(9)10/h1-4H. The molecule has 0 spiro atoms. The molecule has 0 radical (unpaired) electrons. The Bertz CT molecular complexity index is 275. The Labute approximate surface area is 67.5 Å². The van der Waals surface area contributed by atoms with Crippen molar-refractivity contribution in [2.45, 2.75) is 0 Å². The molecular formula is C7H4ClFO2. The third-order valence-corrected chi connectivity index (χ3v) is 1.23. The van der Waals surface area contributed by atoms with Crippen LogP contribution in [0.2, 0.25) is 5.02 Å². The molecule has 0 saturated carbocycles. The molecule has 0 atom stereocenters. The monoisotopic (exact) mass is 174 g/mol. The van der Waals surface area contributed by atoms with Gasteiger partial charge in [-0.25, -0.2) is 4.79 Å². The summed E-state index contributed by atoms with van der Waals surface area (Å²) in [6, 6.07) is 5.93. The SMILES string of the molecule is O=C(F)Oc1cccc(Cl)c1. The van der Waals surface area contributed by atoms with Gasteiger partial charge in [0.05, 0.1) is 0 Å². The number of carbonyl (C=O) groups is 1. The van der Waals surface area contributed by atoms with Gasteiger partial charge in [0.2, 0.25) is 0 Å². The highest BCUT2D eigenvalue weighted by Crippen LogP contribution is 2.17. The molecule has 0 N–H and O–H groups in total. The predicted octanol–water partition coefficient (Wildman–Crippen LogP) is 2.81. The van der Waals surface area contributed by atoms with Gasteiger partial charge < -0.3 is 4.74 Å². The van der Waals surface area contributed by atoms with Crippen LogP contribution < -0.4 is 4.74 Å². The molecule has 0 unspecified atom stereocenters. The Hall–Kier alpha value is -1.09.